The van der Waals surface area contributed by atoms with Gasteiger partial charge in [-0.2, -0.15) is 0 Å². The Balaban J connectivity index is 0.890. The lowest BCUT2D eigenvalue weighted by Gasteiger charge is -2.31. The lowest BCUT2D eigenvalue weighted by molar-refractivity contribution is -0.136. The van der Waals surface area contributed by atoms with Crippen molar-refractivity contribution in [2.75, 3.05) is 27.4 Å². The molecule has 14 heteroatoms. The van der Waals surface area contributed by atoms with Gasteiger partial charge in [0.25, 0.3) is 0 Å². The van der Waals surface area contributed by atoms with E-state index in [0.29, 0.717) is 37.5 Å². The number of aliphatic imine (C=N–C) groups is 1. The molecule has 352 valence electrons. The number of carbonyl (C=O) groups excluding carboxylic acids is 4. The van der Waals surface area contributed by atoms with Gasteiger partial charge in [-0.3, -0.25) is 14.6 Å². The first-order chi connectivity index (χ1) is 32.7. The molecular weight excluding hydrogens is 859 g/mol. The molecule has 10 rings (SSSR count). The number of nitrogens with zero attached hydrogens (tertiary/aromatic N) is 4. The van der Waals surface area contributed by atoms with Crippen LogP contribution in [0.4, 0.5) is 15.3 Å². The zero-order valence-corrected chi connectivity index (χ0v) is 39.7. The number of aromatic nitrogens is 2. The quantitative estimate of drug-likeness (QED) is 0.116. The van der Waals surface area contributed by atoms with Gasteiger partial charge in [-0.25, -0.2) is 14.6 Å². The first-order valence-electron chi connectivity index (χ1n) is 23.7. The standard InChI is InChI=1S/C54H59N7O7/c1-29(2)46(58-52(64)67-7)51(63)61-43-24-36(43)25-45(61)49-56-41-20-16-35-23-33(14-18-38(35)48(41)57-49)32-13-17-37-34(22-32)15-19-40-39(37)26-42(55-40)44-21-30(28-66-6)27-60(44)50(62)47(31-11-9-8-10-12-31)59-53(65)68-54(3,4)5/h8-20,22-23,29-30,36,43-47H,21,24-28H2,1-7H3,(H,56,57)(H,58,64)(H,59,65)/t30-,36+,43+,44-,45-,46-,47+/m0/s1. The number of fused-ring (bicyclic) bond motifs is 7. The van der Waals surface area contributed by atoms with Crippen LogP contribution in [0.2, 0.25) is 0 Å². The number of amides is 4. The van der Waals surface area contributed by atoms with Crippen molar-refractivity contribution in [1.29, 1.82) is 0 Å². The molecule has 3 N–H and O–H groups in total. The molecular formula is C54H59N7O7. The number of hydrogen-bond acceptors (Lipinski definition) is 9. The van der Waals surface area contributed by atoms with Gasteiger partial charge >= 0.3 is 12.2 Å². The van der Waals surface area contributed by atoms with Crippen LogP contribution in [0, 0.1) is 17.8 Å². The molecule has 2 saturated heterocycles. The Morgan fingerprint density at radius 2 is 1.53 bits per heavy atom. The maximum absolute atomic E-state index is 14.7. The lowest BCUT2D eigenvalue weighted by Crippen LogP contribution is -2.52. The van der Waals surface area contributed by atoms with Gasteiger partial charge in [0.2, 0.25) is 11.8 Å². The van der Waals surface area contributed by atoms with Crippen molar-refractivity contribution in [2.45, 2.75) is 96.1 Å². The summed E-state index contributed by atoms with van der Waals surface area (Å²) in [5, 5.41) is 9.94. The minimum absolute atomic E-state index is 0.101. The van der Waals surface area contributed by atoms with E-state index < -0.39 is 29.9 Å². The third kappa shape index (κ3) is 8.54. The highest BCUT2D eigenvalue weighted by Gasteiger charge is 2.56. The Labute approximate surface area is 395 Å². The van der Waals surface area contributed by atoms with E-state index in [1.54, 1.807) is 27.9 Å². The predicted molar refractivity (Wildman–Crippen MR) is 262 cm³/mol. The third-order valence-electron chi connectivity index (χ3n) is 14.1. The number of H-pyrrole nitrogens is 1. The highest BCUT2D eigenvalue weighted by Crippen LogP contribution is 2.53. The van der Waals surface area contributed by atoms with Gasteiger partial charge in [0.1, 0.15) is 23.5 Å². The summed E-state index contributed by atoms with van der Waals surface area (Å²) in [6.45, 7) is 10.2. The average Bonchev–Trinajstić information content (AvgIpc) is 3.74. The molecule has 0 bridgehead atoms. The van der Waals surface area contributed by atoms with Gasteiger partial charge < -0.3 is 39.6 Å². The van der Waals surface area contributed by atoms with Crippen LogP contribution < -0.4 is 10.6 Å². The second-order valence-electron chi connectivity index (χ2n) is 20.3. The number of nitrogens with one attached hydrogen (secondary N) is 3. The molecule has 14 nitrogen and oxygen atoms in total. The smallest absolute Gasteiger partial charge is 0.408 e. The summed E-state index contributed by atoms with van der Waals surface area (Å²) in [5.74, 6) is 0.869. The summed E-state index contributed by atoms with van der Waals surface area (Å²) in [7, 11) is 2.99. The Kier molecular flexibility index (Phi) is 11.7. The molecule has 0 spiro atoms. The second-order valence-corrected chi connectivity index (χ2v) is 20.3. The predicted octanol–water partition coefficient (Wildman–Crippen LogP) is 9.34. The minimum Gasteiger partial charge on any atom is -0.453 e. The Hall–Kier alpha value is -6.80. The Morgan fingerprint density at radius 1 is 0.809 bits per heavy atom. The van der Waals surface area contributed by atoms with E-state index in [9.17, 15) is 19.2 Å². The van der Waals surface area contributed by atoms with Gasteiger partial charge in [0.05, 0.1) is 42.5 Å². The van der Waals surface area contributed by atoms with E-state index in [0.717, 1.165) is 79.3 Å². The minimum atomic E-state index is -0.941. The molecule has 5 aromatic carbocycles. The molecule has 3 aliphatic heterocycles. The third-order valence-corrected chi connectivity index (χ3v) is 14.1. The Bertz CT molecular complexity index is 2990. The summed E-state index contributed by atoms with van der Waals surface area (Å²) in [6.07, 6.45) is 1.83. The second kappa shape index (κ2) is 17.7. The van der Waals surface area contributed by atoms with Crippen LogP contribution in [0.3, 0.4) is 0 Å². The molecule has 0 unspecified atom stereocenters. The van der Waals surface area contributed by atoms with Crippen molar-refractivity contribution < 1.29 is 33.4 Å². The SMILES string of the molecule is COC[C@H]1C[C@@H](C2=Nc3ccc4cc(-c5ccc6c(ccc7[nH]c([C@@H]8C[C@H]9C[C@H]9N8C(=O)[C@@H](NC(=O)OC)C(C)C)nc76)c5)ccc4c3C2)N(C(=O)[C@H](NC(=O)OC(C)(C)C)c2ccccc2)C1. The van der Waals surface area contributed by atoms with Gasteiger partial charge in [-0.15, -0.1) is 0 Å². The molecule has 3 fully saturated rings. The number of imidazole rings is 1. The van der Waals surface area contributed by atoms with E-state index >= 15 is 0 Å². The van der Waals surface area contributed by atoms with Crippen LogP contribution in [-0.4, -0.2) is 101 Å². The summed E-state index contributed by atoms with van der Waals surface area (Å²) < 4.78 is 16.1. The molecule has 4 heterocycles. The van der Waals surface area contributed by atoms with E-state index in [-0.39, 0.29) is 41.8 Å². The fourth-order valence-electron chi connectivity index (χ4n) is 10.8. The molecule has 4 amide bonds. The first-order valence-corrected chi connectivity index (χ1v) is 23.7. The van der Waals surface area contributed by atoms with Crippen molar-refractivity contribution >= 4 is 68.0 Å². The molecule has 0 radical (unpaired) electrons. The van der Waals surface area contributed by atoms with Crippen LogP contribution in [0.15, 0.2) is 96.0 Å². The number of carbonyl (C=O) groups is 4. The largest absolute Gasteiger partial charge is 0.453 e. The molecule has 6 aromatic rings. The molecule has 1 saturated carbocycles. The van der Waals surface area contributed by atoms with E-state index in [1.165, 1.54) is 7.11 Å². The van der Waals surface area contributed by atoms with Crippen molar-refractivity contribution in [3.63, 3.8) is 0 Å². The summed E-state index contributed by atoms with van der Waals surface area (Å²) in [5.41, 5.74) is 6.85. The molecule has 1 aliphatic carbocycles. The van der Waals surface area contributed by atoms with Gasteiger partial charge in [0.15, 0.2) is 0 Å². The number of benzene rings is 5. The summed E-state index contributed by atoms with van der Waals surface area (Å²) >= 11 is 0. The van der Waals surface area contributed by atoms with Crippen LogP contribution in [0.5, 0.6) is 0 Å². The molecule has 68 heavy (non-hydrogen) atoms. The van der Waals surface area contributed by atoms with E-state index in [2.05, 4.69) is 76.3 Å². The van der Waals surface area contributed by atoms with Gasteiger partial charge in [0, 0.05) is 43.1 Å². The van der Waals surface area contributed by atoms with Crippen LogP contribution in [0.1, 0.15) is 82.9 Å². The molecule has 4 aliphatic rings. The monoisotopic (exact) mass is 917 g/mol. The maximum atomic E-state index is 14.7. The average molecular weight is 918 g/mol. The normalized spacial score (nSPS) is 21.7. The van der Waals surface area contributed by atoms with Crippen molar-refractivity contribution in [1.82, 2.24) is 30.4 Å². The van der Waals surface area contributed by atoms with Gasteiger partial charge in [-0.05, 0) is 115 Å². The van der Waals surface area contributed by atoms with Crippen LogP contribution >= 0.6 is 0 Å². The highest BCUT2D eigenvalue weighted by molar-refractivity contribution is 6.08. The number of piperidine rings is 1. The summed E-state index contributed by atoms with van der Waals surface area (Å²) in [6, 6.07) is 28.8. The number of hydrogen-bond donors (Lipinski definition) is 3. The fourth-order valence-corrected chi connectivity index (χ4v) is 10.8. The molecule has 7 atom stereocenters. The zero-order valence-electron chi connectivity index (χ0n) is 39.7. The fraction of sp³-hybridized carbons (Fsp3) is 0.407. The number of methoxy groups -OCH3 is 2. The maximum Gasteiger partial charge on any atom is 0.408 e. The van der Waals surface area contributed by atoms with E-state index in [4.69, 9.17) is 24.2 Å². The lowest BCUT2D eigenvalue weighted by atomic mass is 9.94. The van der Waals surface area contributed by atoms with Crippen molar-refractivity contribution in [2.24, 2.45) is 22.7 Å². The molecule has 1 aromatic heterocycles. The van der Waals surface area contributed by atoms with Crippen molar-refractivity contribution in [3.05, 3.63) is 108 Å². The van der Waals surface area contributed by atoms with Crippen LogP contribution in [0.25, 0.3) is 43.7 Å². The van der Waals surface area contributed by atoms with E-state index in [1.807, 2.05) is 54.0 Å². The first kappa shape index (κ1) is 45.0. The zero-order chi connectivity index (χ0) is 47.6. The summed E-state index contributed by atoms with van der Waals surface area (Å²) in [4.78, 5) is 71.7. The number of rotatable bonds is 11. The van der Waals surface area contributed by atoms with Gasteiger partial charge in [-0.1, -0.05) is 80.6 Å². The highest BCUT2D eigenvalue weighted by atomic mass is 16.6. The number of alkyl carbamates (subject to hydrolysis) is 2. The Morgan fingerprint density at radius 3 is 2.24 bits per heavy atom. The topological polar surface area (TPSA) is 168 Å². The number of likely N-dealkylation sites (tertiary alicyclic amines) is 2. The van der Waals surface area contributed by atoms with Crippen LogP contribution in [-0.2, 0) is 30.2 Å². The number of ether oxygens (including phenoxy) is 3. The number of aromatic amines is 1. The van der Waals surface area contributed by atoms with Crippen molar-refractivity contribution in [3.8, 4) is 11.1 Å².